The Hall–Kier alpha value is -1.43. The molecule has 0 saturated carbocycles. The van der Waals surface area contributed by atoms with Crippen LogP contribution in [0.4, 0.5) is 0 Å². The molecule has 1 saturated heterocycles. The van der Waals surface area contributed by atoms with Crippen molar-refractivity contribution in [3.63, 3.8) is 0 Å². The number of hydrogen-bond donors (Lipinski definition) is 0. The van der Waals surface area contributed by atoms with E-state index in [0.717, 1.165) is 19.3 Å². The summed E-state index contributed by atoms with van der Waals surface area (Å²) in [4.78, 5) is 31.3. The number of carbonyl (C=O) groups excluding carboxylic acids is 2. The van der Waals surface area contributed by atoms with Crippen molar-refractivity contribution in [3.05, 3.63) is 15.6 Å². The normalized spacial score (nSPS) is 18.9. The number of thiazole rings is 1. The molecule has 1 aromatic rings. The number of hydrogen-bond acceptors (Lipinski definition) is 5. The van der Waals surface area contributed by atoms with Crippen LogP contribution in [0.5, 0.6) is 0 Å². The predicted octanol–water partition coefficient (Wildman–Crippen LogP) is 2.29. The molecule has 0 aromatic carbocycles. The monoisotopic (exact) mass is 322 g/mol. The number of aryl methyl sites for hydroxylation is 2. The lowest BCUT2D eigenvalue weighted by Crippen LogP contribution is -2.42. The van der Waals surface area contributed by atoms with Gasteiger partial charge in [0.1, 0.15) is 0 Å². The molecule has 1 aliphatic carbocycles. The van der Waals surface area contributed by atoms with E-state index < -0.39 is 11.9 Å². The van der Waals surface area contributed by atoms with Gasteiger partial charge in [-0.3, -0.25) is 4.79 Å². The molecule has 1 aromatic heterocycles. The summed E-state index contributed by atoms with van der Waals surface area (Å²) in [6.07, 6.45) is 6.60. The van der Waals surface area contributed by atoms with Crippen molar-refractivity contribution >= 4 is 23.2 Å². The summed E-state index contributed by atoms with van der Waals surface area (Å²) in [7, 11) is 0. The van der Waals surface area contributed by atoms with Gasteiger partial charge in [0.15, 0.2) is 0 Å². The first kappa shape index (κ1) is 15.5. The molecule has 1 amide bonds. The van der Waals surface area contributed by atoms with Crippen LogP contribution >= 0.6 is 11.3 Å². The topological polar surface area (TPSA) is 59.5 Å². The second-order valence-electron chi connectivity index (χ2n) is 5.92. The average molecular weight is 322 g/mol. The smallest absolute Gasteiger partial charge is 0.397 e. The molecule has 6 heteroatoms. The molecule has 5 nitrogen and oxygen atoms in total. The van der Waals surface area contributed by atoms with E-state index >= 15 is 0 Å². The van der Waals surface area contributed by atoms with Gasteiger partial charge in [-0.05, 0) is 45.4 Å². The Bertz CT molecular complexity index is 538. The van der Waals surface area contributed by atoms with Gasteiger partial charge in [-0.1, -0.05) is 0 Å². The Morgan fingerprint density at radius 3 is 2.68 bits per heavy atom. The van der Waals surface area contributed by atoms with Gasteiger partial charge in [-0.2, -0.15) is 0 Å². The van der Waals surface area contributed by atoms with Crippen molar-refractivity contribution in [1.29, 1.82) is 0 Å². The zero-order chi connectivity index (χ0) is 15.5. The minimum Gasteiger partial charge on any atom is -0.459 e. The number of rotatable bonds is 2. The molecule has 22 heavy (non-hydrogen) atoms. The van der Waals surface area contributed by atoms with Crippen LogP contribution in [0.15, 0.2) is 0 Å². The third-order valence-corrected chi connectivity index (χ3v) is 5.76. The highest BCUT2D eigenvalue weighted by molar-refractivity contribution is 7.11. The number of nitrogens with zero attached hydrogens (tertiary/aromatic N) is 2. The average Bonchev–Trinajstić information content (AvgIpc) is 2.98. The number of fused-ring (bicyclic) bond motifs is 1. The van der Waals surface area contributed by atoms with Gasteiger partial charge in [-0.15, -0.1) is 11.3 Å². The Morgan fingerprint density at radius 2 is 2.00 bits per heavy atom. The second-order valence-corrected chi connectivity index (χ2v) is 7.03. The Labute approximate surface area is 134 Å². The molecule has 0 radical (unpaired) electrons. The fourth-order valence-electron chi connectivity index (χ4n) is 3.20. The number of likely N-dealkylation sites (tertiary alicyclic amines) is 1. The highest BCUT2D eigenvalue weighted by Gasteiger charge is 2.30. The fourth-order valence-corrected chi connectivity index (χ4v) is 4.52. The number of ether oxygens (including phenoxy) is 1. The van der Waals surface area contributed by atoms with E-state index in [-0.39, 0.29) is 6.61 Å². The number of amides is 1. The van der Waals surface area contributed by atoms with Crippen LogP contribution in [0.1, 0.15) is 54.1 Å². The van der Waals surface area contributed by atoms with E-state index in [1.807, 2.05) is 11.3 Å². The van der Waals surface area contributed by atoms with Gasteiger partial charge in [0.05, 0.1) is 17.3 Å². The van der Waals surface area contributed by atoms with E-state index in [1.165, 1.54) is 34.8 Å². The Balaban J connectivity index is 1.58. The van der Waals surface area contributed by atoms with E-state index in [0.29, 0.717) is 19.0 Å². The summed E-state index contributed by atoms with van der Waals surface area (Å²) in [6.45, 7) is 3.19. The van der Waals surface area contributed by atoms with Crippen molar-refractivity contribution in [1.82, 2.24) is 9.88 Å². The van der Waals surface area contributed by atoms with Gasteiger partial charge in [0.2, 0.25) is 0 Å². The molecule has 0 N–H and O–H groups in total. The van der Waals surface area contributed by atoms with Gasteiger partial charge >= 0.3 is 11.9 Å². The van der Waals surface area contributed by atoms with Gasteiger partial charge in [-0.25, -0.2) is 9.78 Å². The number of piperidine rings is 1. The molecule has 3 rings (SSSR count). The van der Waals surface area contributed by atoms with Crippen molar-refractivity contribution in [2.75, 3.05) is 19.7 Å². The first-order valence-corrected chi connectivity index (χ1v) is 8.95. The molecule has 120 valence electrons. The van der Waals surface area contributed by atoms with Gasteiger partial charge in [0.25, 0.3) is 0 Å². The summed E-state index contributed by atoms with van der Waals surface area (Å²) in [5.41, 5.74) is 1.30. The second kappa shape index (κ2) is 6.77. The van der Waals surface area contributed by atoms with Crippen LogP contribution in [-0.4, -0.2) is 41.5 Å². The van der Waals surface area contributed by atoms with Crippen LogP contribution in [0.3, 0.4) is 0 Å². The fraction of sp³-hybridized carbons (Fsp3) is 0.688. The Kier molecular flexibility index (Phi) is 4.76. The molecule has 0 bridgehead atoms. The summed E-state index contributed by atoms with van der Waals surface area (Å²) >= 11 is 1.86. The van der Waals surface area contributed by atoms with Gasteiger partial charge in [0, 0.05) is 23.9 Å². The highest BCUT2D eigenvalue weighted by atomic mass is 32.1. The van der Waals surface area contributed by atoms with Crippen molar-refractivity contribution in [3.8, 4) is 0 Å². The zero-order valence-electron chi connectivity index (χ0n) is 13.0. The summed E-state index contributed by atoms with van der Waals surface area (Å²) in [6, 6.07) is 0. The van der Waals surface area contributed by atoms with Crippen molar-refractivity contribution in [2.24, 2.45) is 0 Å². The maximum absolute atomic E-state index is 11.9. The molecule has 1 aliphatic heterocycles. The third kappa shape index (κ3) is 3.16. The summed E-state index contributed by atoms with van der Waals surface area (Å²) in [5, 5.41) is 1.23. The molecule has 0 spiro atoms. The lowest BCUT2D eigenvalue weighted by Gasteiger charge is -2.30. The quantitative estimate of drug-likeness (QED) is 0.619. The van der Waals surface area contributed by atoms with E-state index in [4.69, 9.17) is 9.72 Å². The van der Waals surface area contributed by atoms with Crippen LogP contribution in [-0.2, 0) is 27.2 Å². The molecular weight excluding hydrogens is 300 g/mol. The van der Waals surface area contributed by atoms with Crippen LogP contribution in [0, 0.1) is 0 Å². The molecule has 0 unspecified atom stereocenters. The van der Waals surface area contributed by atoms with E-state index in [2.05, 4.69) is 0 Å². The maximum atomic E-state index is 11.9. The number of esters is 1. The largest absolute Gasteiger partial charge is 0.459 e. The molecule has 2 heterocycles. The molecule has 2 aliphatic rings. The summed E-state index contributed by atoms with van der Waals surface area (Å²) in [5.74, 6) is -0.800. The summed E-state index contributed by atoms with van der Waals surface area (Å²) < 4.78 is 4.78. The first-order valence-electron chi connectivity index (χ1n) is 8.13. The molecule has 0 atom stereocenters. The van der Waals surface area contributed by atoms with Crippen molar-refractivity contribution < 1.29 is 14.3 Å². The lowest BCUT2D eigenvalue weighted by molar-refractivity contribution is -0.160. The minimum atomic E-state index is -0.731. The minimum absolute atomic E-state index is 0.242. The first-order chi connectivity index (χ1) is 10.7. The molecular formula is C16H22N2O3S. The van der Waals surface area contributed by atoms with Crippen molar-refractivity contribution in [2.45, 2.75) is 51.4 Å². The van der Waals surface area contributed by atoms with Crippen LogP contribution < -0.4 is 0 Å². The molecule has 1 fully saturated rings. The zero-order valence-corrected chi connectivity index (χ0v) is 13.8. The Morgan fingerprint density at radius 1 is 1.27 bits per heavy atom. The van der Waals surface area contributed by atoms with E-state index in [1.54, 1.807) is 11.8 Å². The van der Waals surface area contributed by atoms with Crippen LogP contribution in [0.2, 0.25) is 0 Å². The SMILES string of the molecule is CCOC(=O)C(=O)N1CCC(c2nc3c(s2)CCCC3)CC1. The third-order valence-electron chi connectivity index (χ3n) is 4.44. The standard InChI is InChI=1S/C16H22N2O3S/c1-2-21-16(20)15(19)18-9-7-11(8-10-18)14-17-12-5-3-4-6-13(12)22-14/h11H,2-10H2,1H3. The highest BCUT2D eigenvalue weighted by Crippen LogP contribution is 2.35. The number of carbonyl (C=O) groups is 2. The van der Waals surface area contributed by atoms with Gasteiger partial charge < -0.3 is 9.64 Å². The lowest BCUT2D eigenvalue weighted by atomic mass is 9.97. The predicted molar refractivity (Wildman–Crippen MR) is 83.9 cm³/mol. The van der Waals surface area contributed by atoms with E-state index in [9.17, 15) is 9.59 Å². The number of aromatic nitrogens is 1. The van der Waals surface area contributed by atoms with Crippen LogP contribution in [0.25, 0.3) is 0 Å². The maximum Gasteiger partial charge on any atom is 0.397 e.